The molecule has 0 fully saturated rings. The molecule has 1 unspecified atom stereocenters. The van der Waals surface area contributed by atoms with Gasteiger partial charge in [-0.3, -0.25) is 4.98 Å². The lowest BCUT2D eigenvalue weighted by Crippen LogP contribution is -2.27. The van der Waals surface area contributed by atoms with E-state index in [2.05, 4.69) is 10.3 Å². The topological polar surface area (TPSA) is 24.9 Å². The number of hydrogen-bond acceptors (Lipinski definition) is 2. The van der Waals surface area contributed by atoms with Gasteiger partial charge in [0.05, 0.1) is 6.04 Å². The van der Waals surface area contributed by atoms with Gasteiger partial charge >= 0.3 is 0 Å². The smallest absolute Gasteiger partial charge is 0.257 e. The molecule has 0 spiro atoms. The number of aryl methyl sites for hydroxylation is 1. The average Bonchev–Trinajstić information content (AvgIpc) is 2.13. The van der Waals surface area contributed by atoms with Crippen LogP contribution in [0.15, 0.2) is 18.5 Å². The Hall–Kier alpha value is -1.03. The monoisotopic (exact) mass is 200 g/mol. The molecular weight excluding hydrogens is 186 g/mol. The van der Waals surface area contributed by atoms with Gasteiger partial charge in [-0.15, -0.1) is 0 Å². The first-order valence-corrected chi connectivity index (χ1v) is 4.58. The van der Waals surface area contributed by atoms with Crippen LogP contribution in [0, 0.1) is 6.92 Å². The maximum atomic E-state index is 12.6. The highest BCUT2D eigenvalue weighted by Gasteiger charge is 2.21. The summed E-state index contributed by atoms with van der Waals surface area (Å²) in [7, 11) is 0. The molecule has 0 radical (unpaired) electrons. The summed E-state index contributed by atoms with van der Waals surface area (Å²) in [5, 5.41) is 2.74. The molecule has 14 heavy (non-hydrogen) atoms. The summed E-state index contributed by atoms with van der Waals surface area (Å²) >= 11 is 0. The fourth-order valence-electron chi connectivity index (χ4n) is 1.32. The lowest BCUT2D eigenvalue weighted by atomic mass is 10.1. The average molecular weight is 200 g/mol. The molecule has 0 bridgehead atoms. The summed E-state index contributed by atoms with van der Waals surface area (Å²) in [5.41, 5.74) is 1.44. The van der Waals surface area contributed by atoms with E-state index in [1.165, 1.54) is 6.20 Å². The third-order valence-corrected chi connectivity index (χ3v) is 1.93. The molecule has 4 heteroatoms. The second-order valence-electron chi connectivity index (χ2n) is 3.17. The number of nitrogens with one attached hydrogen (secondary N) is 1. The second kappa shape index (κ2) is 5.00. The maximum absolute atomic E-state index is 12.6. The van der Waals surface area contributed by atoms with E-state index >= 15 is 0 Å². The summed E-state index contributed by atoms with van der Waals surface area (Å²) in [6, 6.07) is 0.819. The fraction of sp³-hybridized carbons (Fsp3) is 0.500. The summed E-state index contributed by atoms with van der Waals surface area (Å²) in [5.74, 6) is 0. The van der Waals surface area contributed by atoms with Crippen LogP contribution in [-0.4, -0.2) is 18.0 Å². The van der Waals surface area contributed by atoms with E-state index in [1.54, 1.807) is 19.2 Å². The molecule has 2 nitrogen and oxygen atoms in total. The molecule has 1 atom stereocenters. The largest absolute Gasteiger partial charge is 0.305 e. The Labute approximate surface area is 82.4 Å². The van der Waals surface area contributed by atoms with Crippen molar-refractivity contribution in [1.29, 1.82) is 0 Å². The Morgan fingerprint density at radius 3 is 2.64 bits per heavy atom. The van der Waals surface area contributed by atoms with E-state index in [4.69, 9.17) is 0 Å². The Morgan fingerprint density at radius 1 is 1.43 bits per heavy atom. The first-order valence-electron chi connectivity index (χ1n) is 4.58. The summed E-state index contributed by atoms with van der Waals surface area (Å²) in [6.07, 6.45) is 0.725. The van der Waals surface area contributed by atoms with Crippen LogP contribution in [0.1, 0.15) is 24.1 Å². The van der Waals surface area contributed by atoms with Crippen molar-refractivity contribution in [1.82, 2.24) is 10.3 Å². The summed E-state index contributed by atoms with van der Waals surface area (Å²) in [6.45, 7) is 4.16. The van der Waals surface area contributed by atoms with Gasteiger partial charge in [0.2, 0.25) is 0 Å². The highest BCUT2D eigenvalue weighted by molar-refractivity contribution is 5.20. The van der Waals surface area contributed by atoms with Crippen molar-refractivity contribution < 1.29 is 8.78 Å². The molecule has 0 amide bonds. The highest BCUT2D eigenvalue weighted by atomic mass is 19.3. The van der Waals surface area contributed by atoms with Gasteiger partial charge < -0.3 is 5.32 Å². The Kier molecular flexibility index (Phi) is 3.95. The number of nitrogens with zero attached hydrogens (tertiary/aromatic N) is 1. The molecule has 1 heterocycles. The lowest BCUT2D eigenvalue weighted by Gasteiger charge is -2.16. The van der Waals surface area contributed by atoms with Crippen LogP contribution < -0.4 is 5.32 Å². The highest BCUT2D eigenvalue weighted by Crippen LogP contribution is 2.20. The molecule has 0 aliphatic carbocycles. The quantitative estimate of drug-likeness (QED) is 0.806. The minimum absolute atomic E-state index is 0.517. The SMILES string of the molecule is CCNC(c1cncc(C)c1)C(F)F. The van der Waals surface area contributed by atoms with E-state index in [1.807, 2.05) is 6.92 Å². The van der Waals surface area contributed by atoms with Crippen molar-refractivity contribution in [3.63, 3.8) is 0 Å². The van der Waals surface area contributed by atoms with Gasteiger partial charge in [0.25, 0.3) is 6.43 Å². The van der Waals surface area contributed by atoms with E-state index in [9.17, 15) is 8.78 Å². The Balaban J connectivity index is 2.87. The molecule has 0 aromatic carbocycles. The zero-order valence-corrected chi connectivity index (χ0v) is 8.30. The van der Waals surface area contributed by atoms with Gasteiger partial charge in [-0.2, -0.15) is 0 Å². The predicted octanol–water partition coefficient (Wildman–Crippen LogP) is 2.31. The van der Waals surface area contributed by atoms with Crippen LogP contribution in [0.25, 0.3) is 0 Å². The van der Waals surface area contributed by atoms with Crippen molar-refractivity contribution in [3.05, 3.63) is 29.6 Å². The molecule has 1 N–H and O–H groups in total. The van der Waals surface area contributed by atoms with Crippen molar-refractivity contribution in [2.24, 2.45) is 0 Å². The molecule has 1 aromatic rings. The van der Waals surface area contributed by atoms with Crippen LogP contribution in [-0.2, 0) is 0 Å². The molecule has 78 valence electrons. The third kappa shape index (κ3) is 2.73. The summed E-state index contributed by atoms with van der Waals surface area (Å²) < 4.78 is 25.2. The molecule has 0 saturated heterocycles. The van der Waals surface area contributed by atoms with Crippen LogP contribution >= 0.6 is 0 Å². The second-order valence-corrected chi connectivity index (χ2v) is 3.17. The van der Waals surface area contributed by atoms with E-state index in [0.29, 0.717) is 12.1 Å². The molecule has 1 rings (SSSR count). The number of rotatable bonds is 4. The normalized spacial score (nSPS) is 13.2. The van der Waals surface area contributed by atoms with E-state index in [-0.39, 0.29) is 0 Å². The number of halogens is 2. The number of hydrogen-bond donors (Lipinski definition) is 1. The third-order valence-electron chi connectivity index (χ3n) is 1.93. The van der Waals surface area contributed by atoms with Gasteiger partial charge in [-0.25, -0.2) is 8.78 Å². The molecular formula is C10H14F2N2. The van der Waals surface area contributed by atoms with Crippen molar-refractivity contribution in [3.8, 4) is 0 Å². The van der Waals surface area contributed by atoms with Crippen molar-refractivity contribution in [2.45, 2.75) is 26.3 Å². The van der Waals surface area contributed by atoms with Crippen molar-refractivity contribution >= 4 is 0 Å². The zero-order valence-electron chi connectivity index (χ0n) is 8.30. The number of pyridine rings is 1. The molecule has 0 saturated carbocycles. The predicted molar refractivity (Wildman–Crippen MR) is 51.4 cm³/mol. The minimum Gasteiger partial charge on any atom is -0.305 e. The van der Waals surface area contributed by atoms with Crippen LogP contribution in [0.2, 0.25) is 0 Å². The van der Waals surface area contributed by atoms with E-state index in [0.717, 1.165) is 5.56 Å². The van der Waals surface area contributed by atoms with Gasteiger partial charge in [0.1, 0.15) is 0 Å². The maximum Gasteiger partial charge on any atom is 0.257 e. The lowest BCUT2D eigenvalue weighted by molar-refractivity contribution is 0.0991. The standard InChI is InChI=1S/C10H14F2N2/c1-3-14-9(10(11)12)8-4-7(2)5-13-6-8/h4-6,9-10,14H,3H2,1-2H3. The minimum atomic E-state index is -2.40. The van der Waals surface area contributed by atoms with Crippen LogP contribution in [0.3, 0.4) is 0 Å². The first-order chi connectivity index (χ1) is 6.65. The van der Waals surface area contributed by atoms with Gasteiger partial charge in [0.15, 0.2) is 0 Å². The fourth-order valence-corrected chi connectivity index (χ4v) is 1.32. The number of alkyl halides is 2. The van der Waals surface area contributed by atoms with Gasteiger partial charge in [0, 0.05) is 12.4 Å². The van der Waals surface area contributed by atoms with Crippen LogP contribution in [0.4, 0.5) is 8.78 Å². The van der Waals surface area contributed by atoms with Crippen molar-refractivity contribution in [2.75, 3.05) is 6.54 Å². The Bertz CT molecular complexity index is 289. The van der Waals surface area contributed by atoms with Crippen LogP contribution in [0.5, 0.6) is 0 Å². The molecule has 0 aliphatic rings. The first kappa shape index (κ1) is 11.0. The van der Waals surface area contributed by atoms with Gasteiger partial charge in [-0.1, -0.05) is 13.0 Å². The number of aromatic nitrogens is 1. The molecule has 0 aliphatic heterocycles. The molecule has 1 aromatic heterocycles. The Morgan fingerprint density at radius 2 is 2.14 bits per heavy atom. The van der Waals surface area contributed by atoms with Gasteiger partial charge in [-0.05, 0) is 24.6 Å². The summed E-state index contributed by atoms with van der Waals surface area (Å²) in [4.78, 5) is 3.90. The zero-order chi connectivity index (χ0) is 10.6. The van der Waals surface area contributed by atoms with E-state index < -0.39 is 12.5 Å².